The van der Waals surface area contributed by atoms with Gasteiger partial charge in [-0.3, -0.25) is 13.9 Å². The van der Waals surface area contributed by atoms with E-state index < -0.39 is 5.69 Å². The Morgan fingerprint density at radius 3 is 2.19 bits per heavy atom. The number of nitrogens with zero attached hydrogens (tertiary/aromatic N) is 4. The molecular formula is C14H13ClN4O2. The highest BCUT2D eigenvalue weighted by Gasteiger charge is 2.17. The number of imidazole rings is 1. The van der Waals surface area contributed by atoms with Crippen LogP contribution in [0, 0.1) is 0 Å². The summed E-state index contributed by atoms with van der Waals surface area (Å²) in [6, 6.07) is 7.17. The highest BCUT2D eigenvalue weighted by Crippen LogP contribution is 2.22. The van der Waals surface area contributed by atoms with Gasteiger partial charge in [0.05, 0.1) is 0 Å². The zero-order valence-electron chi connectivity index (χ0n) is 11.8. The van der Waals surface area contributed by atoms with Crippen molar-refractivity contribution < 1.29 is 0 Å². The average Bonchev–Trinajstić information content (AvgIpc) is 2.81. The molecule has 0 atom stereocenters. The third-order valence-electron chi connectivity index (χ3n) is 3.58. The summed E-state index contributed by atoms with van der Waals surface area (Å²) in [6.45, 7) is 0. The van der Waals surface area contributed by atoms with Crippen LogP contribution in [-0.2, 0) is 21.1 Å². The Labute approximate surface area is 124 Å². The number of aryl methyl sites for hydroxylation is 2. The van der Waals surface area contributed by atoms with E-state index in [0.717, 1.165) is 10.1 Å². The fraction of sp³-hybridized carbons (Fsp3) is 0.214. The van der Waals surface area contributed by atoms with Crippen LogP contribution in [0.3, 0.4) is 0 Å². The second kappa shape index (κ2) is 4.60. The Balaban J connectivity index is 2.43. The molecule has 0 unspecified atom stereocenters. The van der Waals surface area contributed by atoms with Gasteiger partial charge in [-0.1, -0.05) is 11.6 Å². The Bertz CT molecular complexity index is 964. The van der Waals surface area contributed by atoms with Crippen LogP contribution in [0.15, 0.2) is 33.9 Å². The van der Waals surface area contributed by atoms with Crippen LogP contribution in [0.2, 0.25) is 5.02 Å². The minimum absolute atomic E-state index is 0.358. The molecule has 0 radical (unpaired) electrons. The standard InChI is InChI=1S/C14H13ClN4O2/c1-17-10-12(18(2)14(21)19(3)13(10)20)16-11(17)8-4-6-9(15)7-5-8/h4-7H,1-3H3. The molecule has 6 nitrogen and oxygen atoms in total. The zero-order valence-corrected chi connectivity index (χ0v) is 12.5. The molecule has 0 bridgehead atoms. The second-order valence-electron chi connectivity index (χ2n) is 4.88. The quantitative estimate of drug-likeness (QED) is 0.680. The third-order valence-corrected chi connectivity index (χ3v) is 3.83. The molecule has 0 spiro atoms. The van der Waals surface area contributed by atoms with Gasteiger partial charge in [0.25, 0.3) is 5.56 Å². The lowest BCUT2D eigenvalue weighted by atomic mass is 10.2. The number of hydrogen-bond acceptors (Lipinski definition) is 3. The summed E-state index contributed by atoms with van der Waals surface area (Å²) in [5.74, 6) is 0.611. The lowest BCUT2D eigenvalue weighted by Crippen LogP contribution is -2.37. The van der Waals surface area contributed by atoms with Gasteiger partial charge in [0.1, 0.15) is 5.82 Å². The van der Waals surface area contributed by atoms with Crippen LogP contribution in [0.4, 0.5) is 0 Å². The van der Waals surface area contributed by atoms with Gasteiger partial charge in [-0.2, -0.15) is 0 Å². The Kier molecular flexibility index (Phi) is 2.98. The van der Waals surface area contributed by atoms with Crippen molar-refractivity contribution in [1.82, 2.24) is 18.7 Å². The van der Waals surface area contributed by atoms with E-state index in [-0.39, 0.29) is 5.56 Å². The molecule has 0 aliphatic carbocycles. The third kappa shape index (κ3) is 1.91. The molecule has 0 saturated heterocycles. The minimum Gasteiger partial charge on any atom is -0.321 e. The molecule has 3 rings (SSSR count). The molecule has 21 heavy (non-hydrogen) atoms. The Morgan fingerprint density at radius 2 is 1.57 bits per heavy atom. The van der Waals surface area contributed by atoms with Gasteiger partial charge in [0.2, 0.25) is 0 Å². The number of halogens is 1. The first kappa shape index (κ1) is 13.6. The van der Waals surface area contributed by atoms with E-state index in [1.165, 1.54) is 11.6 Å². The Morgan fingerprint density at radius 1 is 0.952 bits per heavy atom. The summed E-state index contributed by atoms with van der Waals surface area (Å²) in [5, 5.41) is 0.626. The van der Waals surface area contributed by atoms with Gasteiger partial charge in [-0.25, -0.2) is 9.78 Å². The molecule has 0 aliphatic rings. The monoisotopic (exact) mass is 304 g/mol. The fourth-order valence-electron chi connectivity index (χ4n) is 2.38. The maximum atomic E-state index is 12.3. The lowest BCUT2D eigenvalue weighted by molar-refractivity contribution is 0.705. The normalized spacial score (nSPS) is 11.2. The van der Waals surface area contributed by atoms with Crippen molar-refractivity contribution in [2.75, 3.05) is 0 Å². The molecule has 0 fully saturated rings. The maximum Gasteiger partial charge on any atom is 0.332 e. The molecular weight excluding hydrogens is 292 g/mol. The summed E-state index contributed by atoms with van der Waals surface area (Å²) >= 11 is 5.88. The van der Waals surface area contributed by atoms with Crippen molar-refractivity contribution in [2.24, 2.45) is 21.1 Å². The SMILES string of the molecule is Cn1c(=O)c2c(nc(-c3ccc(Cl)cc3)n2C)n(C)c1=O. The van der Waals surface area contributed by atoms with Crippen molar-refractivity contribution in [3.05, 3.63) is 50.1 Å². The van der Waals surface area contributed by atoms with Gasteiger partial charge in [0, 0.05) is 31.7 Å². The van der Waals surface area contributed by atoms with Crippen LogP contribution in [0.25, 0.3) is 22.6 Å². The molecule has 7 heteroatoms. The lowest BCUT2D eigenvalue weighted by Gasteiger charge is -2.03. The highest BCUT2D eigenvalue weighted by atomic mass is 35.5. The molecule has 0 amide bonds. The first-order valence-electron chi connectivity index (χ1n) is 6.30. The summed E-state index contributed by atoms with van der Waals surface area (Å²) in [4.78, 5) is 28.7. The molecule has 0 aliphatic heterocycles. The van der Waals surface area contributed by atoms with E-state index in [1.807, 2.05) is 12.1 Å². The van der Waals surface area contributed by atoms with E-state index in [0.29, 0.717) is 22.0 Å². The van der Waals surface area contributed by atoms with Gasteiger partial charge in [-0.15, -0.1) is 0 Å². The van der Waals surface area contributed by atoms with Crippen LogP contribution in [0.1, 0.15) is 0 Å². The predicted molar refractivity (Wildman–Crippen MR) is 81.6 cm³/mol. The minimum atomic E-state index is -0.395. The summed E-state index contributed by atoms with van der Waals surface area (Å²) in [5.41, 5.74) is 0.837. The van der Waals surface area contributed by atoms with E-state index in [4.69, 9.17) is 11.6 Å². The summed E-state index contributed by atoms with van der Waals surface area (Å²) < 4.78 is 4.14. The molecule has 3 aromatic rings. The molecule has 108 valence electrons. The number of aromatic nitrogens is 4. The molecule has 0 N–H and O–H groups in total. The highest BCUT2D eigenvalue weighted by molar-refractivity contribution is 6.30. The average molecular weight is 305 g/mol. The van der Waals surface area contributed by atoms with Crippen molar-refractivity contribution in [2.45, 2.75) is 0 Å². The van der Waals surface area contributed by atoms with E-state index in [1.54, 1.807) is 30.8 Å². The second-order valence-corrected chi connectivity index (χ2v) is 5.32. The van der Waals surface area contributed by atoms with E-state index >= 15 is 0 Å². The Hall–Kier alpha value is -2.34. The van der Waals surface area contributed by atoms with Crippen LogP contribution < -0.4 is 11.2 Å². The zero-order chi connectivity index (χ0) is 15.3. The van der Waals surface area contributed by atoms with E-state index in [9.17, 15) is 9.59 Å². The van der Waals surface area contributed by atoms with Crippen molar-refractivity contribution in [1.29, 1.82) is 0 Å². The molecule has 0 saturated carbocycles. The molecule has 2 aromatic heterocycles. The summed E-state index contributed by atoms with van der Waals surface area (Å²) in [7, 11) is 4.81. The predicted octanol–water partition coefficient (Wildman–Crippen LogP) is 1.29. The van der Waals surface area contributed by atoms with Gasteiger partial charge >= 0.3 is 5.69 Å². The van der Waals surface area contributed by atoms with E-state index in [2.05, 4.69) is 4.98 Å². The van der Waals surface area contributed by atoms with Gasteiger partial charge < -0.3 is 4.57 Å². The van der Waals surface area contributed by atoms with Crippen LogP contribution in [-0.4, -0.2) is 18.7 Å². The van der Waals surface area contributed by atoms with Crippen molar-refractivity contribution in [3.63, 3.8) is 0 Å². The smallest absolute Gasteiger partial charge is 0.321 e. The number of rotatable bonds is 1. The molecule has 1 aromatic carbocycles. The maximum absolute atomic E-state index is 12.3. The van der Waals surface area contributed by atoms with Crippen molar-refractivity contribution >= 4 is 22.8 Å². The number of hydrogen-bond donors (Lipinski definition) is 0. The first-order chi connectivity index (χ1) is 9.91. The fourth-order valence-corrected chi connectivity index (χ4v) is 2.50. The van der Waals surface area contributed by atoms with Gasteiger partial charge in [-0.05, 0) is 24.3 Å². The largest absolute Gasteiger partial charge is 0.332 e. The number of benzene rings is 1. The van der Waals surface area contributed by atoms with Crippen molar-refractivity contribution in [3.8, 4) is 11.4 Å². The topological polar surface area (TPSA) is 61.8 Å². The summed E-state index contributed by atoms with van der Waals surface area (Å²) in [6.07, 6.45) is 0. The number of fused-ring (bicyclic) bond motifs is 1. The van der Waals surface area contributed by atoms with Crippen LogP contribution >= 0.6 is 11.6 Å². The first-order valence-corrected chi connectivity index (χ1v) is 6.68. The molecule has 2 heterocycles. The van der Waals surface area contributed by atoms with Crippen LogP contribution in [0.5, 0.6) is 0 Å². The van der Waals surface area contributed by atoms with Gasteiger partial charge in [0.15, 0.2) is 11.2 Å².